The molecule has 0 saturated carbocycles. The molecule has 8 heteroatoms. The van der Waals surface area contributed by atoms with E-state index in [2.05, 4.69) is 10.4 Å². The lowest BCUT2D eigenvalue weighted by Gasteiger charge is -2.12. The first kappa shape index (κ1) is 19.4. The quantitative estimate of drug-likeness (QED) is 0.817. The smallest absolute Gasteiger partial charge is 0.229 e. The van der Waals surface area contributed by atoms with Crippen molar-refractivity contribution in [2.45, 2.75) is 39.7 Å². The fraction of sp³-hybridized carbons (Fsp3) is 0.474. The van der Waals surface area contributed by atoms with Crippen molar-refractivity contribution in [2.75, 3.05) is 23.4 Å². The van der Waals surface area contributed by atoms with Gasteiger partial charge in [-0.2, -0.15) is 5.10 Å². The predicted octanol–water partition coefficient (Wildman–Crippen LogP) is 2.44. The number of rotatable bonds is 6. The van der Waals surface area contributed by atoms with Crippen LogP contribution in [0.5, 0.6) is 5.75 Å². The Kier molecular flexibility index (Phi) is 5.55. The van der Waals surface area contributed by atoms with Crippen molar-refractivity contribution in [3.63, 3.8) is 0 Å². The second-order valence-electron chi connectivity index (χ2n) is 6.80. The van der Waals surface area contributed by atoms with Gasteiger partial charge >= 0.3 is 0 Å². The summed E-state index contributed by atoms with van der Waals surface area (Å²) in [5.41, 5.74) is 3.08. The van der Waals surface area contributed by atoms with Gasteiger partial charge in [-0.3, -0.25) is 9.48 Å². The van der Waals surface area contributed by atoms with Gasteiger partial charge in [-0.15, -0.1) is 0 Å². The number of benzene rings is 1. The molecule has 1 atom stereocenters. The van der Waals surface area contributed by atoms with Gasteiger partial charge in [0, 0.05) is 11.3 Å². The van der Waals surface area contributed by atoms with E-state index >= 15 is 0 Å². The fourth-order valence-electron chi connectivity index (χ4n) is 3.48. The van der Waals surface area contributed by atoms with E-state index in [0.29, 0.717) is 24.5 Å². The zero-order valence-corrected chi connectivity index (χ0v) is 16.7. The van der Waals surface area contributed by atoms with Crippen LogP contribution in [0.4, 0.5) is 5.69 Å². The van der Waals surface area contributed by atoms with Crippen molar-refractivity contribution >= 4 is 21.4 Å². The number of nitrogens with one attached hydrogen (secondary N) is 1. The number of anilines is 1. The van der Waals surface area contributed by atoms with E-state index in [9.17, 15) is 13.2 Å². The largest absolute Gasteiger partial charge is 0.492 e. The molecular weight excluding hydrogens is 366 g/mol. The summed E-state index contributed by atoms with van der Waals surface area (Å²) < 4.78 is 30.8. The molecule has 1 aliphatic rings. The van der Waals surface area contributed by atoms with Crippen LogP contribution in [0.3, 0.4) is 0 Å². The molecule has 146 valence electrons. The summed E-state index contributed by atoms with van der Waals surface area (Å²) in [6, 6.07) is 7.16. The normalized spacial score (nSPS) is 18.4. The first-order chi connectivity index (χ1) is 12.8. The second kappa shape index (κ2) is 7.72. The lowest BCUT2D eigenvalue weighted by molar-refractivity contribution is -0.115. The highest BCUT2D eigenvalue weighted by Crippen LogP contribution is 2.28. The highest BCUT2D eigenvalue weighted by molar-refractivity contribution is 7.91. The zero-order chi connectivity index (χ0) is 19.6. The summed E-state index contributed by atoms with van der Waals surface area (Å²) in [5, 5.41) is 7.41. The van der Waals surface area contributed by atoms with Crippen LogP contribution in [0.15, 0.2) is 24.3 Å². The molecule has 1 aromatic heterocycles. The number of para-hydroxylation sites is 2. The van der Waals surface area contributed by atoms with Crippen LogP contribution in [0, 0.1) is 13.8 Å². The van der Waals surface area contributed by atoms with Gasteiger partial charge in [-0.25, -0.2) is 8.42 Å². The molecule has 1 saturated heterocycles. The number of aryl methyl sites for hydroxylation is 1. The molecule has 2 aromatic rings. The third-order valence-electron chi connectivity index (χ3n) is 4.83. The van der Waals surface area contributed by atoms with E-state index in [4.69, 9.17) is 4.74 Å². The van der Waals surface area contributed by atoms with Gasteiger partial charge < -0.3 is 10.1 Å². The number of carbonyl (C=O) groups excluding carboxylic acids is 1. The molecule has 1 aromatic carbocycles. The Hall–Kier alpha value is -2.35. The Balaban J connectivity index is 1.75. The molecule has 1 N–H and O–H groups in total. The van der Waals surface area contributed by atoms with Gasteiger partial charge in [0.1, 0.15) is 5.75 Å². The Labute approximate surface area is 159 Å². The van der Waals surface area contributed by atoms with Gasteiger partial charge in [0.05, 0.1) is 42.0 Å². The van der Waals surface area contributed by atoms with E-state index in [-0.39, 0.29) is 29.9 Å². The second-order valence-corrected chi connectivity index (χ2v) is 9.03. The predicted molar refractivity (Wildman–Crippen MR) is 104 cm³/mol. The molecule has 27 heavy (non-hydrogen) atoms. The van der Waals surface area contributed by atoms with Crippen LogP contribution < -0.4 is 10.1 Å². The zero-order valence-electron chi connectivity index (χ0n) is 15.9. The minimum Gasteiger partial charge on any atom is -0.492 e. The number of carbonyl (C=O) groups is 1. The van der Waals surface area contributed by atoms with Gasteiger partial charge in [-0.1, -0.05) is 12.1 Å². The molecule has 7 nitrogen and oxygen atoms in total. The minimum absolute atomic E-state index is 0.113. The monoisotopic (exact) mass is 391 g/mol. The molecule has 3 rings (SSSR count). The number of amides is 1. The summed E-state index contributed by atoms with van der Waals surface area (Å²) in [7, 11) is -2.99. The van der Waals surface area contributed by atoms with Gasteiger partial charge in [-0.05, 0) is 39.3 Å². The van der Waals surface area contributed by atoms with Crippen LogP contribution in [0.2, 0.25) is 0 Å². The number of hydrogen-bond acceptors (Lipinski definition) is 5. The van der Waals surface area contributed by atoms with Crippen molar-refractivity contribution in [3.05, 3.63) is 41.2 Å². The summed E-state index contributed by atoms with van der Waals surface area (Å²) in [4.78, 5) is 12.6. The van der Waals surface area contributed by atoms with Crippen LogP contribution >= 0.6 is 0 Å². The summed E-state index contributed by atoms with van der Waals surface area (Å²) >= 11 is 0. The Morgan fingerprint density at radius 2 is 2.07 bits per heavy atom. The van der Waals surface area contributed by atoms with Crippen LogP contribution in [-0.2, 0) is 21.1 Å². The number of sulfone groups is 1. The highest BCUT2D eigenvalue weighted by Gasteiger charge is 2.31. The maximum atomic E-state index is 12.6. The summed E-state index contributed by atoms with van der Waals surface area (Å²) in [6.45, 7) is 6.15. The molecule has 0 aliphatic carbocycles. The van der Waals surface area contributed by atoms with Crippen molar-refractivity contribution < 1.29 is 17.9 Å². The third kappa shape index (κ3) is 4.32. The number of nitrogens with zero attached hydrogens (tertiary/aromatic N) is 2. The minimum atomic E-state index is -2.99. The van der Waals surface area contributed by atoms with E-state index in [1.807, 2.05) is 39.0 Å². The molecule has 0 unspecified atom stereocenters. The molecule has 0 spiro atoms. The van der Waals surface area contributed by atoms with Gasteiger partial charge in [0.2, 0.25) is 5.91 Å². The van der Waals surface area contributed by atoms with E-state index in [1.54, 1.807) is 10.7 Å². The fourth-order valence-corrected chi connectivity index (χ4v) is 5.17. The number of aromatic nitrogens is 2. The maximum absolute atomic E-state index is 12.6. The first-order valence-electron chi connectivity index (χ1n) is 9.07. The molecule has 1 fully saturated rings. The third-order valence-corrected chi connectivity index (χ3v) is 6.58. The Morgan fingerprint density at radius 3 is 2.74 bits per heavy atom. The lowest BCUT2D eigenvalue weighted by atomic mass is 10.1. The first-order valence-corrected chi connectivity index (χ1v) is 10.9. The van der Waals surface area contributed by atoms with Crippen molar-refractivity contribution in [2.24, 2.45) is 0 Å². The van der Waals surface area contributed by atoms with Gasteiger partial charge in [0.25, 0.3) is 0 Å². The standard InChI is InChI=1S/C19H25N3O4S/c1-4-26-18-8-6-5-7-17(18)20-19(23)11-16-13(2)21-22(14(16)3)15-9-10-27(24,25)12-15/h5-8,15H,4,9-12H2,1-3H3,(H,20,23)/t15-/m0/s1. The average molecular weight is 391 g/mol. The number of ether oxygens (including phenoxy) is 1. The van der Waals surface area contributed by atoms with Crippen LogP contribution in [0.25, 0.3) is 0 Å². The molecule has 2 heterocycles. The average Bonchev–Trinajstić information content (AvgIpc) is 3.10. The van der Waals surface area contributed by atoms with Crippen LogP contribution in [-0.4, -0.2) is 42.2 Å². The SMILES string of the molecule is CCOc1ccccc1NC(=O)Cc1c(C)nn([C@H]2CCS(=O)(=O)C2)c1C. The maximum Gasteiger partial charge on any atom is 0.229 e. The summed E-state index contributed by atoms with van der Waals surface area (Å²) in [5.74, 6) is 0.781. The van der Waals surface area contributed by atoms with E-state index in [1.165, 1.54) is 0 Å². The van der Waals surface area contributed by atoms with Crippen molar-refractivity contribution in [3.8, 4) is 5.75 Å². The molecule has 1 aliphatic heterocycles. The molecule has 0 radical (unpaired) electrons. The van der Waals surface area contributed by atoms with E-state index in [0.717, 1.165) is 17.0 Å². The Morgan fingerprint density at radius 1 is 1.33 bits per heavy atom. The van der Waals surface area contributed by atoms with Crippen molar-refractivity contribution in [1.29, 1.82) is 0 Å². The lowest BCUT2D eigenvalue weighted by Crippen LogP contribution is -2.17. The van der Waals surface area contributed by atoms with Crippen molar-refractivity contribution in [1.82, 2.24) is 9.78 Å². The molecule has 1 amide bonds. The number of hydrogen-bond donors (Lipinski definition) is 1. The Bertz CT molecular complexity index is 950. The van der Waals surface area contributed by atoms with E-state index < -0.39 is 9.84 Å². The highest BCUT2D eigenvalue weighted by atomic mass is 32.2. The topological polar surface area (TPSA) is 90.3 Å². The molecular formula is C19H25N3O4S. The van der Waals surface area contributed by atoms with Crippen LogP contribution in [0.1, 0.15) is 36.3 Å². The molecule has 0 bridgehead atoms. The van der Waals surface area contributed by atoms with Gasteiger partial charge in [0.15, 0.2) is 9.84 Å². The summed E-state index contributed by atoms with van der Waals surface area (Å²) in [6.07, 6.45) is 0.745.